The summed E-state index contributed by atoms with van der Waals surface area (Å²) in [4.78, 5) is 36.5. The van der Waals surface area contributed by atoms with Crippen LogP contribution in [0.25, 0.3) is 0 Å². The van der Waals surface area contributed by atoms with Crippen molar-refractivity contribution < 1.29 is 23.2 Å². The number of nitrogens with zero attached hydrogens (tertiary/aromatic N) is 1. The van der Waals surface area contributed by atoms with Gasteiger partial charge in [-0.05, 0) is 36.4 Å². The summed E-state index contributed by atoms with van der Waals surface area (Å²) in [7, 11) is 0. The molecular weight excluding hydrogens is 320 g/mol. The van der Waals surface area contributed by atoms with Crippen molar-refractivity contribution in [3.05, 3.63) is 54.1 Å². The van der Waals surface area contributed by atoms with Crippen molar-refractivity contribution >= 4 is 34.8 Å². The van der Waals surface area contributed by atoms with Gasteiger partial charge in [-0.2, -0.15) is 0 Å². The first-order chi connectivity index (χ1) is 11.3. The largest absolute Gasteiger partial charge is 0.399 e. The van der Waals surface area contributed by atoms with Crippen molar-refractivity contribution in [2.75, 3.05) is 16.0 Å². The molecule has 6 nitrogen and oxygen atoms in total. The SMILES string of the molecule is CC(=O)N(C(=O)C(=O)Nc1c(F)cccc1F)c1ccc(N)cc1. The zero-order chi connectivity index (χ0) is 17.9. The number of nitrogen functional groups attached to an aromatic ring is 1. The van der Waals surface area contributed by atoms with E-state index in [0.29, 0.717) is 10.6 Å². The van der Waals surface area contributed by atoms with Gasteiger partial charge in [0.25, 0.3) is 0 Å². The Morgan fingerprint density at radius 3 is 2.04 bits per heavy atom. The molecule has 0 atom stereocenters. The van der Waals surface area contributed by atoms with Crippen molar-refractivity contribution in [3.8, 4) is 0 Å². The van der Waals surface area contributed by atoms with Crippen LogP contribution in [-0.2, 0) is 14.4 Å². The molecular formula is C16H13F2N3O3. The molecule has 3 amide bonds. The molecule has 0 heterocycles. The number of imide groups is 1. The zero-order valence-corrected chi connectivity index (χ0v) is 12.5. The molecule has 2 rings (SSSR count). The maximum Gasteiger partial charge on any atom is 0.323 e. The summed E-state index contributed by atoms with van der Waals surface area (Å²) in [6.45, 7) is 1.07. The van der Waals surface area contributed by atoms with Crippen LogP contribution in [0.5, 0.6) is 0 Å². The molecule has 0 aliphatic heterocycles. The summed E-state index contributed by atoms with van der Waals surface area (Å²) in [6.07, 6.45) is 0. The second-order valence-corrected chi connectivity index (χ2v) is 4.80. The van der Waals surface area contributed by atoms with Gasteiger partial charge in [0.05, 0.1) is 5.69 Å². The average molecular weight is 333 g/mol. The molecule has 0 unspecified atom stereocenters. The number of carbonyl (C=O) groups is 3. The number of halogens is 2. The van der Waals surface area contributed by atoms with E-state index in [1.807, 2.05) is 5.32 Å². The van der Waals surface area contributed by atoms with Gasteiger partial charge < -0.3 is 11.1 Å². The van der Waals surface area contributed by atoms with Gasteiger partial charge in [-0.1, -0.05) is 6.07 Å². The maximum atomic E-state index is 13.5. The molecule has 0 aromatic heterocycles. The number of rotatable bonds is 2. The first-order valence-corrected chi connectivity index (χ1v) is 6.77. The fourth-order valence-electron chi connectivity index (χ4n) is 1.95. The highest BCUT2D eigenvalue weighted by atomic mass is 19.1. The highest BCUT2D eigenvalue weighted by Gasteiger charge is 2.28. The normalized spacial score (nSPS) is 10.1. The van der Waals surface area contributed by atoms with E-state index < -0.39 is 35.0 Å². The van der Waals surface area contributed by atoms with E-state index in [1.165, 1.54) is 24.3 Å². The zero-order valence-electron chi connectivity index (χ0n) is 12.5. The lowest BCUT2D eigenvalue weighted by molar-refractivity contribution is -0.136. The molecule has 124 valence electrons. The highest BCUT2D eigenvalue weighted by molar-refractivity contribution is 6.48. The lowest BCUT2D eigenvalue weighted by Crippen LogP contribution is -2.43. The Balaban J connectivity index is 2.28. The van der Waals surface area contributed by atoms with Gasteiger partial charge in [-0.3, -0.25) is 14.4 Å². The Hall–Kier alpha value is -3.29. The number of hydrogen-bond donors (Lipinski definition) is 2. The second-order valence-electron chi connectivity index (χ2n) is 4.80. The average Bonchev–Trinajstić information content (AvgIpc) is 2.52. The third-order valence-corrected chi connectivity index (χ3v) is 3.06. The summed E-state index contributed by atoms with van der Waals surface area (Å²) in [6, 6.07) is 8.56. The third-order valence-electron chi connectivity index (χ3n) is 3.06. The molecule has 8 heteroatoms. The number of nitrogens with one attached hydrogen (secondary N) is 1. The number of amides is 3. The Labute approximate surface area is 135 Å². The molecule has 0 aliphatic carbocycles. The van der Waals surface area contributed by atoms with Crippen LogP contribution in [0.2, 0.25) is 0 Å². The minimum Gasteiger partial charge on any atom is -0.399 e. The Morgan fingerprint density at radius 2 is 1.54 bits per heavy atom. The van der Waals surface area contributed by atoms with Gasteiger partial charge >= 0.3 is 11.8 Å². The van der Waals surface area contributed by atoms with Crippen LogP contribution in [0, 0.1) is 11.6 Å². The van der Waals surface area contributed by atoms with Gasteiger partial charge in [0, 0.05) is 12.6 Å². The molecule has 0 aliphatic rings. The maximum absolute atomic E-state index is 13.5. The van der Waals surface area contributed by atoms with Crippen LogP contribution in [0.4, 0.5) is 25.8 Å². The van der Waals surface area contributed by atoms with Crippen LogP contribution < -0.4 is 16.0 Å². The second kappa shape index (κ2) is 6.86. The molecule has 0 fully saturated rings. The predicted molar refractivity (Wildman–Crippen MR) is 84.0 cm³/mol. The van der Waals surface area contributed by atoms with E-state index in [0.717, 1.165) is 25.1 Å². The van der Waals surface area contributed by atoms with Crippen LogP contribution in [0.15, 0.2) is 42.5 Å². The number of benzene rings is 2. The number of hydrogen-bond acceptors (Lipinski definition) is 4. The number of carbonyl (C=O) groups excluding carboxylic acids is 3. The molecule has 0 saturated carbocycles. The first kappa shape index (κ1) is 17.1. The number of nitrogens with two attached hydrogens (primary N) is 1. The van der Waals surface area contributed by atoms with Crippen LogP contribution in [0.3, 0.4) is 0 Å². The fraction of sp³-hybridized carbons (Fsp3) is 0.0625. The number of para-hydroxylation sites is 1. The van der Waals surface area contributed by atoms with E-state index in [9.17, 15) is 23.2 Å². The van der Waals surface area contributed by atoms with E-state index >= 15 is 0 Å². The molecule has 0 saturated heterocycles. The highest BCUT2D eigenvalue weighted by Crippen LogP contribution is 2.20. The molecule has 24 heavy (non-hydrogen) atoms. The molecule has 2 aromatic rings. The third kappa shape index (κ3) is 3.54. The van der Waals surface area contributed by atoms with Crippen LogP contribution in [-0.4, -0.2) is 17.7 Å². The molecule has 3 N–H and O–H groups in total. The van der Waals surface area contributed by atoms with Crippen LogP contribution >= 0.6 is 0 Å². The van der Waals surface area contributed by atoms with Gasteiger partial charge in [0.1, 0.15) is 17.3 Å². The Morgan fingerprint density at radius 1 is 1.00 bits per heavy atom. The van der Waals surface area contributed by atoms with E-state index in [4.69, 9.17) is 5.73 Å². The fourth-order valence-corrected chi connectivity index (χ4v) is 1.95. The first-order valence-electron chi connectivity index (χ1n) is 6.77. The summed E-state index contributed by atoms with van der Waals surface area (Å²) >= 11 is 0. The smallest absolute Gasteiger partial charge is 0.323 e. The lowest BCUT2D eigenvalue weighted by Gasteiger charge is -2.19. The van der Waals surface area contributed by atoms with E-state index in [1.54, 1.807) is 0 Å². The van der Waals surface area contributed by atoms with Crippen molar-refractivity contribution in [2.24, 2.45) is 0 Å². The summed E-state index contributed by atoms with van der Waals surface area (Å²) in [5.74, 6) is -5.47. The summed E-state index contributed by atoms with van der Waals surface area (Å²) < 4.78 is 27.1. The van der Waals surface area contributed by atoms with Crippen molar-refractivity contribution in [1.29, 1.82) is 0 Å². The lowest BCUT2D eigenvalue weighted by atomic mass is 10.2. The van der Waals surface area contributed by atoms with Crippen molar-refractivity contribution in [1.82, 2.24) is 0 Å². The quantitative estimate of drug-likeness (QED) is 0.650. The van der Waals surface area contributed by atoms with Crippen molar-refractivity contribution in [3.63, 3.8) is 0 Å². The topological polar surface area (TPSA) is 92.5 Å². The van der Waals surface area contributed by atoms with Crippen LogP contribution in [0.1, 0.15) is 6.92 Å². The summed E-state index contributed by atoms with van der Waals surface area (Å²) in [5, 5.41) is 1.84. The molecule has 0 spiro atoms. The minimum atomic E-state index is -1.36. The van der Waals surface area contributed by atoms with Crippen molar-refractivity contribution in [2.45, 2.75) is 6.92 Å². The van der Waals surface area contributed by atoms with E-state index in [-0.39, 0.29) is 5.69 Å². The molecule has 2 aromatic carbocycles. The number of anilines is 3. The monoisotopic (exact) mass is 333 g/mol. The Kier molecular flexibility index (Phi) is 4.88. The van der Waals surface area contributed by atoms with Gasteiger partial charge in [0.2, 0.25) is 5.91 Å². The predicted octanol–water partition coefficient (Wildman–Crippen LogP) is 2.07. The Bertz CT molecular complexity index is 786. The minimum absolute atomic E-state index is 0.103. The molecule has 0 bridgehead atoms. The van der Waals surface area contributed by atoms with Gasteiger partial charge in [-0.25, -0.2) is 13.7 Å². The standard InChI is InChI=1S/C16H13F2N3O3/c1-9(22)21(11-7-5-10(19)6-8-11)16(24)15(23)20-14-12(17)3-2-4-13(14)18/h2-8H,19H2,1H3,(H,20,23). The summed E-state index contributed by atoms with van der Waals surface area (Å²) in [5.41, 5.74) is 5.25. The van der Waals surface area contributed by atoms with Gasteiger partial charge in [0.15, 0.2) is 0 Å². The van der Waals surface area contributed by atoms with E-state index in [2.05, 4.69) is 0 Å². The van der Waals surface area contributed by atoms with Gasteiger partial charge in [-0.15, -0.1) is 0 Å². The molecule has 0 radical (unpaired) electrons.